The smallest absolute Gasteiger partial charge is 0.337 e. The number of aromatic nitrogens is 1. The van der Waals surface area contributed by atoms with Crippen molar-refractivity contribution in [1.82, 2.24) is 20.6 Å². The number of nitrogens with one attached hydrogen (secondary N) is 3. The summed E-state index contributed by atoms with van der Waals surface area (Å²) in [5, 5.41) is 20.2. The van der Waals surface area contributed by atoms with E-state index < -0.39 is 24.3 Å². The number of urea groups is 1. The molecular weight excluding hydrogens is 598 g/mol. The number of carbonyl (C=O) groups excluding carboxylic acids is 2. The number of carbonyl (C=O) groups is 2. The molecule has 4 aromatic rings. The Morgan fingerprint density at radius 1 is 1.00 bits per heavy atom. The molecule has 5 rings (SSSR count). The van der Waals surface area contributed by atoms with Crippen molar-refractivity contribution in [3.8, 4) is 28.3 Å². The average Bonchev–Trinajstić information content (AvgIpc) is 3.36. The highest BCUT2D eigenvalue weighted by Gasteiger charge is 2.32. The Morgan fingerprint density at radius 3 is 2.43 bits per heavy atom. The van der Waals surface area contributed by atoms with Gasteiger partial charge in [-0.3, -0.25) is 5.43 Å². The molecule has 0 aliphatic carbocycles. The van der Waals surface area contributed by atoms with E-state index in [2.05, 4.69) is 62.1 Å². The maximum absolute atomic E-state index is 12.5. The Hall–Kier alpha value is -5.55. The molecule has 1 aromatic heterocycles. The predicted octanol–water partition coefficient (Wildman–Crippen LogP) is 5.28. The molecule has 2 heterocycles. The SMILES string of the molecule is CCOc1cc([C@@H]2NC(=O)NC(C)=C2C(=O)OC)ccc1OC[C@H](O)N/N=C/c1cc(C)n(-c2ccc(-c3ccccc3)cc2)c1C. The van der Waals surface area contributed by atoms with E-state index in [-0.39, 0.29) is 12.2 Å². The minimum absolute atomic E-state index is 0.125. The lowest BCUT2D eigenvalue weighted by molar-refractivity contribution is -0.136. The van der Waals surface area contributed by atoms with Crippen LogP contribution in [-0.2, 0) is 9.53 Å². The first-order valence-electron chi connectivity index (χ1n) is 15.3. The van der Waals surface area contributed by atoms with Gasteiger partial charge in [0.05, 0.1) is 31.5 Å². The largest absolute Gasteiger partial charge is 0.490 e. The van der Waals surface area contributed by atoms with Gasteiger partial charge in [-0.2, -0.15) is 5.10 Å². The molecule has 11 heteroatoms. The second-order valence-corrected chi connectivity index (χ2v) is 11.0. The lowest BCUT2D eigenvalue weighted by Gasteiger charge is -2.28. The van der Waals surface area contributed by atoms with Crippen LogP contribution in [0.15, 0.2) is 95.2 Å². The van der Waals surface area contributed by atoms with Gasteiger partial charge in [0.2, 0.25) is 0 Å². The van der Waals surface area contributed by atoms with Crippen LogP contribution in [0.2, 0.25) is 0 Å². The molecule has 2 amide bonds. The maximum atomic E-state index is 12.5. The standard InChI is InChI=1S/C36H39N5O6/c1-6-46-31-19-27(34-33(35(43)45-5)23(3)38-36(44)39-34)14-17-30(31)47-21-32(42)40-37-20-28-18-22(2)41(24(28)4)29-15-12-26(13-16-29)25-10-8-7-9-11-25/h7-20,32,34,40,42H,6,21H2,1-5H3,(H2,38,39,44)/b37-20+/t32-,34-/m0/s1. The van der Waals surface area contributed by atoms with Gasteiger partial charge in [0.15, 0.2) is 17.7 Å². The highest BCUT2D eigenvalue weighted by Crippen LogP contribution is 2.35. The van der Waals surface area contributed by atoms with Crippen molar-refractivity contribution in [2.45, 2.75) is 40.0 Å². The Morgan fingerprint density at radius 2 is 1.72 bits per heavy atom. The van der Waals surface area contributed by atoms with Crippen LogP contribution in [0.4, 0.5) is 4.79 Å². The fourth-order valence-electron chi connectivity index (χ4n) is 5.56. The zero-order chi connectivity index (χ0) is 33.5. The van der Waals surface area contributed by atoms with E-state index in [0.717, 1.165) is 28.2 Å². The lowest BCUT2D eigenvalue weighted by Crippen LogP contribution is -2.45. The maximum Gasteiger partial charge on any atom is 0.337 e. The molecule has 0 fully saturated rings. The number of hydrogen-bond donors (Lipinski definition) is 4. The van der Waals surface area contributed by atoms with Gasteiger partial charge in [0.25, 0.3) is 0 Å². The van der Waals surface area contributed by atoms with E-state index >= 15 is 0 Å². The van der Waals surface area contributed by atoms with Crippen LogP contribution < -0.4 is 25.5 Å². The monoisotopic (exact) mass is 637 g/mol. The van der Waals surface area contributed by atoms with Crippen LogP contribution in [0.3, 0.4) is 0 Å². The molecule has 1 aliphatic heterocycles. The minimum Gasteiger partial charge on any atom is -0.490 e. The highest BCUT2D eigenvalue weighted by molar-refractivity contribution is 5.95. The number of ether oxygens (including phenoxy) is 3. The second kappa shape index (κ2) is 14.7. The number of methoxy groups -OCH3 is 1. The van der Waals surface area contributed by atoms with E-state index in [1.165, 1.54) is 12.7 Å². The molecule has 244 valence electrons. The van der Waals surface area contributed by atoms with Crippen LogP contribution >= 0.6 is 0 Å². The summed E-state index contributed by atoms with van der Waals surface area (Å²) in [6.45, 7) is 7.75. The fraction of sp³-hybridized carbons (Fsp3) is 0.250. The summed E-state index contributed by atoms with van der Waals surface area (Å²) in [5.74, 6) is 0.204. The van der Waals surface area contributed by atoms with Gasteiger partial charge in [-0.1, -0.05) is 48.5 Å². The number of benzene rings is 3. The molecule has 4 N–H and O–H groups in total. The van der Waals surface area contributed by atoms with Crippen molar-refractivity contribution in [2.75, 3.05) is 20.3 Å². The van der Waals surface area contributed by atoms with E-state index in [9.17, 15) is 14.7 Å². The van der Waals surface area contributed by atoms with Crippen molar-refractivity contribution in [3.05, 3.63) is 113 Å². The quantitative estimate of drug-likeness (QED) is 0.0718. The fourth-order valence-corrected chi connectivity index (χ4v) is 5.56. The summed E-state index contributed by atoms with van der Waals surface area (Å²) in [5.41, 5.74) is 10.3. The van der Waals surface area contributed by atoms with E-state index in [1.54, 1.807) is 31.3 Å². The Balaban J connectivity index is 1.23. The highest BCUT2D eigenvalue weighted by atomic mass is 16.5. The summed E-state index contributed by atoms with van der Waals surface area (Å²) < 4.78 is 18.7. The number of nitrogens with zero attached hydrogens (tertiary/aromatic N) is 2. The molecular formula is C36H39N5O6. The molecule has 0 bridgehead atoms. The molecule has 3 aromatic carbocycles. The van der Waals surface area contributed by atoms with Crippen molar-refractivity contribution in [2.24, 2.45) is 5.10 Å². The molecule has 0 saturated carbocycles. The zero-order valence-corrected chi connectivity index (χ0v) is 27.0. The van der Waals surface area contributed by atoms with Crippen LogP contribution in [-0.4, -0.2) is 54.4 Å². The van der Waals surface area contributed by atoms with Crippen molar-refractivity contribution < 1.29 is 28.9 Å². The summed E-state index contributed by atoms with van der Waals surface area (Å²) >= 11 is 0. The van der Waals surface area contributed by atoms with Gasteiger partial charge >= 0.3 is 12.0 Å². The van der Waals surface area contributed by atoms with Gasteiger partial charge < -0.3 is 34.5 Å². The number of rotatable bonds is 12. The number of hydrogen-bond acceptors (Lipinski definition) is 8. The van der Waals surface area contributed by atoms with Gasteiger partial charge in [-0.05, 0) is 74.7 Å². The number of allylic oxidation sites excluding steroid dienone is 1. The number of hydrazone groups is 1. The summed E-state index contributed by atoms with van der Waals surface area (Å²) in [6.07, 6.45) is 0.553. The number of amides is 2. The third kappa shape index (κ3) is 7.47. The zero-order valence-electron chi connectivity index (χ0n) is 27.0. The molecule has 47 heavy (non-hydrogen) atoms. The Kier molecular flexibility index (Phi) is 10.3. The summed E-state index contributed by atoms with van der Waals surface area (Å²) in [7, 11) is 1.28. The molecule has 0 radical (unpaired) electrons. The lowest BCUT2D eigenvalue weighted by atomic mass is 9.95. The van der Waals surface area contributed by atoms with Gasteiger partial charge in [-0.25, -0.2) is 9.59 Å². The molecule has 11 nitrogen and oxygen atoms in total. The summed E-state index contributed by atoms with van der Waals surface area (Å²) in [4.78, 5) is 24.7. The van der Waals surface area contributed by atoms with E-state index in [4.69, 9.17) is 14.2 Å². The molecule has 2 atom stereocenters. The number of esters is 1. The van der Waals surface area contributed by atoms with E-state index in [1.807, 2.05) is 45.0 Å². The van der Waals surface area contributed by atoms with Gasteiger partial charge in [0.1, 0.15) is 6.61 Å². The Labute approximate surface area is 273 Å². The number of aryl methyl sites for hydroxylation is 1. The Bertz CT molecular complexity index is 1800. The van der Waals surface area contributed by atoms with Crippen molar-refractivity contribution >= 4 is 18.2 Å². The van der Waals surface area contributed by atoms with Crippen LogP contribution in [0.5, 0.6) is 11.5 Å². The van der Waals surface area contributed by atoms with Gasteiger partial charge in [-0.15, -0.1) is 0 Å². The number of aliphatic hydroxyl groups is 1. The van der Waals surface area contributed by atoms with Crippen LogP contribution in [0.25, 0.3) is 16.8 Å². The van der Waals surface area contributed by atoms with Crippen molar-refractivity contribution in [3.63, 3.8) is 0 Å². The summed E-state index contributed by atoms with van der Waals surface area (Å²) in [6, 6.07) is 24.6. The molecule has 0 unspecified atom stereocenters. The first-order chi connectivity index (χ1) is 22.7. The predicted molar refractivity (Wildman–Crippen MR) is 180 cm³/mol. The molecule has 0 saturated heterocycles. The third-order valence-corrected chi connectivity index (χ3v) is 7.80. The minimum atomic E-state index is -1.12. The number of aliphatic hydroxyl groups excluding tert-OH is 1. The molecule has 0 spiro atoms. The first kappa shape index (κ1) is 32.8. The molecule has 1 aliphatic rings. The van der Waals surface area contributed by atoms with Gasteiger partial charge in [0, 0.05) is 28.3 Å². The first-order valence-corrected chi connectivity index (χ1v) is 15.3. The van der Waals surface area contributed by atoms with Crippen LogP contribution in [0.1, 0.15) is 42.4 Å². The third-order valence-electron chi connectivity index (χ3n) is 7.80. The van der Waals surface area contributed by atoms with Crippen LogP contribution in [0, 0.1) is 13.8 Å². The second-order valence-electron chi connectivity index (χ2n) is 11.0. The topological polar surface area (TPSA) is 135 Å². The normalized spacial score (nSPS) is 15.2. The van der Waals surface area contributed by atoms with E-state index in [0.29, 0.717) is 29.4 Å². The average molecular weight is 638 g/mol. The van der Waals surface area contributed by atoms with Crippen molar-refractivity contribution in [1.29, 1.82) is 0 Å².